The quantitative estimate of drug-likeness (QED) is 0.703. The Balaban J connectivity index is 1.92. The minimum absolute atomic E-state index is 0.239. The molecular weight excluding hydrogens is 301 g/mol. The molecule has 0 atom stereocenters. The molecule has 3 aromatic rings. The molecule has 0 spiro atoms. The SMILES string of the molecule is Cc1ccc2c(c1)c1c(n2C=C(F)c2ccncc2)CCN(C)C1. The maximum Gasteiger partial charge on any atom is 0.147 e. The first-order valence-corrected chi connectivity index (χ1v) is 8.22. The van der Waals surface area contributed by atoms with Crippen LogP contribution in [0.3, 0.4) is 0 Å². The van der Waals surface area contributed by atoms with E-state index in [1.807, 2.05) is 4.57 Å². The Hall–Kier alpha value is -2.46. The summed E-state index contributed by atoms with van der Waals surface area (Å²) in [6, 6.07) is 9.79. The van der Waals surface area contributed by atoms with Gasteiger partial charge in [-0.2, -0.15) is 0 Å². The Labute approximate surface area is 141 Å². The van der Waals surface area contributed by atoms with Crippen LogP contribution in [0.25, 0.3) is 22.9 Å². The van der Waals surface area contributed by atoms with E-state index in [2.05, 4.69) is 42.1 Å². The number of likely N-dealkylation sites (N-methyl/N-ethyl adjacent to an activating group) is 1. The second-order valence-electron chi connectivity index (χ2n) is 6.52. The molecule has 0 radical (unpaired) electrons. The molecule has 4 heteroatoms. The fraction of sp³-hybridized carbons (Fsp3) is 0.250. The molecule has 0 fully saturated rings. The number of benzene rings is 1. The minimum Gasteiger partial charge on any atom is -0.317 e. The molecular formula is C20H20FN3. The fourth-order valence-corrected chi connectivity index (χ4v) is 3.49. The van der Waals surface area contributed by atoms with Crippen molar-refractivity contribution >= 4 is 22.9 Å². The predicted molar refractivity (Wildman–Crippen MR) is 96.2 cm³/mol. The van der Waals surface area contributed by atoms with Crippen molar-refractivity contribution in [2.24, 2.45) is 0 Å². The van der Waals surface area contributed by atoms with Crippen molar-refractivity contribution in [2.45, 2.75) is 19.9 Å². The third-order valence-corrected chi connectivity index (χ3v) is 4.73. The van der Waals surface area contributed by atoms with Crippen molar-refractivity contribution in [1.29, 1.82) is 0 Å². The van der Waals surface area contributed by atoms with Crippen LogP contribution in [0.15, 0.2) is 42.7 Å². The normalized spacial score (nSPS) is 15.7. The molecule has 4 rings (SSSR count). The van der Waals surface area contributed by atoms with Crippen LogP contribution in [0.5, 0.6) is 0 Å². The number of rotatable bonds is 2. The number of fused-ring (bicyclic) bond motifs is 3. The van der Waals surface area contributed by atoms with E-state index in [0.717, 1.165) is 25.0 Å². The lowest BCUT2D eigenvalue weighted by atomic mass is 10.0. The number of halogens is 1. The van der Waals surface area contributed by atoms with Crippen molar-refractivity contribution < 1.29 is 4.39 Å². The van der Waals surface area contributed by atoms with Gasteiger partial charge >= 0.3 is 0 Å². The molecule has 3 nitrogen and oxygen atoms in total. The molecule has 2 aromatic heterocycles. The van der Waals surface area contributed by atoms with E-state index < -0.39 is 0 Å². The summed E-state index contributed by atoms with van der Waals surface area (Å²) in [6.07, 6.45) is 5.78. The Morgan fingerprint density at radius 1 is 1.21 bits per heavy atom. The van der Waals surface area contributed by atoms with E-state index in [0.29, 0.717) is 5.56 Å². The number of hydrogen-bond acceptors (Lipinski definition) is 2. The maximum atomic E-state index is 14.8. The van der Waals surface area contributed by atoms with Crippen LogP contribution in [0, 0.1) is 6.92 Å². The smallest absolute Gasteiger partial charge is 0.147 e. The first kappa shape index (κ1) is 15.1. The monoisotopic (exact) mass is 321 g/mol. The number of hydrogen-bond donors (Lipinski definition) is 0. The second kappa shape index (κ2) is 5.87. The second-order valence-corrected chi connectivity index (χ2v) is 6.52. The highest BCUT2D eigenvalue weighted by Gasteiger charge is 2.22. The van der Waals surface area contributed by atoms with E-state index in [1.165, 1.54) is 22.2 Å². The third-order valence-electron chi connectivity index (χ3n) is 4.73. The standard InChI is InChI=1S/C20H20FN3/c1-14-3-4-19-16(11-14)17-12-23(2)10-7-20(17)24(19)13-18(21)15-5-8-22-9-6-15/h3-6,8-9,11,13H,7,10,12H2,1-2H3. The average Bonchev–Trinajstić information content (AvgIpc) is 2.88. The van der Waals surface area contributed by atoms with Crippen molar-refractivity contribution in [3.8, 4) is 0 Å². The Kier molecular flexibility index (Phi) is 3.69. The molecule has 24 heavy (non-hydrogen) atoms. The van der Waals surface area contributed by atoms with Crippen LogP contribution in [-0.4, -0.2) is 28.0 Å². The number of nitrogens with zero attached hydrogens (tertiary/aromatic N) is 3. The molecule has 1 aliphatic heterocycles. The van der Waals surface area contributed by atoms with Gasteiger partial charge in [0, 0.05) is 54.7 Å². The van der Waals surface area contributed by atoms with Crippen molar-refractivity contribution in [2.75, 3.05) is 13.6 Å². The summed E-state index contributed by atoms with van der Waals surface area (Å²) in [5.41, 5.74) is 5.40. The molecule has 3 heterocycles. The molecule has 122 valence electrons. The van der Waals surface area contributed by atoms with Gasteiger partial charge in [-0.1, -0.05) is 11.6 Å². The highest BCUT2D eigenvalue weighted by molar-refractivity contribution is 5.90. The molecule has 0 bridgehead atoms. The van der Waals surface area contributed by atoms with Crippen molar-refractivity contribution in [1.82, 2.24) is 14.5 Å². The van der Waals surface area contributed by atoms with E-state index >= 15 is 0 Å². The first-order valence-electron chi connectivity index (χ1n) is 8.22. The zero-order chi connectivity index (χ0) is 16.7. The number of aromatic nitrogens is 2. The van der Waals surface area contributed by atoms with Crippen molar-refractivity contribution in [3.63, 3.8) is 0 Å². The Bertz CT molecular complexity index is 925. The number of aryl methyl sites for hydroxylation is 1. The zero-order valence-electron chi connectivity index (χ0n) is 14.0. The summed E-state index contributed by atoms with van der Waals surface area (Å²) in [4.78, 5) is 6.27. The fourth-order valence-electron chi connectivity index (χ4n) is 3.49. The molecule has 1 aliphatic rings. The largest absolute Gasteiger partial charge is 0.317 e. The lowest BCUT2D eigenvalue weighted by Crippen LogP contribution is -2.26. The minimum atomic E-state index is -0.239. The van der Waals surface area contributed by atoms with Crippen LogP contribution in [-0.2, 0) is 13.0 Å². The lowest BCUT2D eigenvalue weighted by molar-refractivity contribution is 0.312. The van der Waals surface area contributed by atoms with Gasteiger partial charge in [0.25, 0.3) is 0 Å². The predicted octanol–water partition coefficient (Wildman–Crippen LogP) is 4.26. The summed E-state index contributed by atoms with van der Waals surface area (Å²) >= 11 is 0. The van der Waals surface area contributed by atoms with E-state index in [9.17, 15) is 4.39 Å². The molecule has 0 saturated carbocycles. The Morgan fingerprint density at radius 2 is 2.00 bits per heavy atom. The van der Waals surface area contributed by atoms with Crippen LogP contribution < -0.4 is 0 Å². The summed E-state index contributed by atoms with van der Waals surface area (Å²) in [6.45, 7) is 4.00. The topological polar surface area (TPSA) is 21.1 Å². The van der Waals surface area contributed by atoms with Gasteiger partial charge in [-0.05, 0) is 43.8 Å². The highest BCUT2D eigenvalue weighted by Crippen LogP contribution is 2.32. The van der Waals surface area contributed by atoms with Crippen molar-refractivity contribution in [3.05, 3.63) is 65.1 Å². The van der Waals surface area contributed by atoms with Crippen LogP contribution in [0.4, 0.5) is 4.39 Å². The van der Waals surface area contributed by atoms with E-state index in [-0.39, 0.29) is 5.83 Å². The molecule has 0 amide bonds. The lowest BCUT2D eigenvalue weighted by Gasteiger charge is -2.23. The van der Waals surface area contributed by atoms with Crippen LogP contribution in [0.1, 0.15) is 22.4 Å². The third kappa shape index (κ3) is 2.53. The van der Waals surface area contributed by atoms with E-state index in [4.69, 9.17) is 0 Å². The molecule has 1 aromatic carbocycles. The maximum absolute atomic E-state index is 14.8. The van der Waals surface area contributed by atoms with Gasteiger partial charge in [-0.3, -0.25) is 4.98 Å². The summed E-state index contributed by atoms with van der Waals surface area (Å²) < 4.78 is 16.8. The Morgan fingerprint density at radius 3 is 2.79 bits per heavy atom. The van der Waals surface area contributed by atoms with Gasteiger partial charge in [0.05, 0.1) is 5.52 Å². The van der Waals surface area contributed by atoms with Gasteiger partial charge in [-0.25, -0.2) is 4.39 Å². The average molecular weight is 321 g/mol. The first-order chi connectivity index (χ1) is 11.6. The van der Waals surface area contributed by atoms with Gasteiger partial charge in [-0.15, -0.1) is 0 Å². The van der Waals surface area contributed by atoms with Gasteiger partial charge in [0.15, 0.2) is 0 Å². The van der Waals surface area contributed by atoms with Gasteiger partial charge < -0.3 is 9.47 Å². The van der Waals surface area contributed by atoms with E-state index in [1.54, 1.807) is 30.7 Å². The molecule has 0 aliphatic carbocycles. The molecule has 0 unspecified atom stereocenters. The summed E-state index contributed by atoms with van der Waals surface area (Å²) in [5.74, 6) is -0.239. The number of pyridine rings is 1. The zero-order valence-corrected chi connectivity index (χ0v) is 14.0. The highest BCUT2D eigenvalue weighted by atomic mass is 19.1. The molecule has 0 N–H and O–H groups in total. The van der Waals surface area contributed by atoms with Crippen LogP contribution in [0.2, 0.25) is 0 Å². The van der Waals surface area contributed by atoms with Crippen LogP contribution >= 0.6 is 0 Å². The van der Waals surface area contributed by atoms with Gasteiger partial charge in [0.1, 0.15) is 5.83 Å². The molecule has 0 saturated heterocycles. The van der Waals surface area contributed by atoms with Gasteiger partial charge in [0.2, 0.25) is 0 Å². The summed E-state index contributed by atoms with van der Waals surface area (Å²) in [7, 11) is 2.13. The summed E-state index contributed by atoms with van der Waals surface area (Å²) in [5, 5.41) is 1.23.